The lowest BCUT2D eigenvalue weighted by Crippen LogP contribution is -2.59. The SMILES string of the molecule is CC(C)C[C@H](N)C(=O)N[C@H]1C/C=C\COc2ccc(cc2)C[C@@H](C(=O)N[C@@H](C)C(=O)O)NC(=O)[C@H](Cc2ccccc2)NC1=O. The predicted octanol–water partition coefficient (Wildman–Crippen LogP) is 1.23. The van der Waals surface area contributed by atoms with Crippen LogP contribution in [0.15, 0.2) is 66.7 Å². The highest BCUT2D eigenvalue weighted by Gasteiger charge is 2.31. The number of aliphatic carboxylic acids is 1. The summed E-state index contributed by atoms with van der Waals surface area (Å²) in [5, 5.41) is 19.9. The van der Waals surface area contributed by atoms with Crippen molar-refractivity contribution in [2.24, 2.45) is 11.7 Å². The molecule has 2 bridgehead atoms. The van der Waals surface area contributed by atoms with Crippen LogP contribution in [0.25, 0.3) is 0 Å². The fourth-order valence-electron chi connectivity index (χ4n) is 4.72. The smallest absolute Gasteiger partial charge is 0.325 e. The van der Waals surface area contributed by atoms with Crippen LogP contribution in [0.5, 0.6) is 5.75 Å². The van der Waals surface area contributed by atoms with Crippen molar-refractivity contribution in [2.45, 2.75) is 76.7 Å². The lowest BCUT2D eigenvalue weighted by molar-refractivity contribution is -0.141. The van der Waals surface area contributed by atoms with E-state index in [1.165, 1.54) is 6.92 Å². The second-order valence-electron chi connectivity index (χ2n) is 11.5. The molecule has 12 heteroatoms. The molecule has 242 valence electrons. The summed E-state index contributed by atoms with van der Waals surface area (Å²) in [6, 6.07) is 10.6. The second-order valence-corrected chi connectivity index (χ2v) is 11.5. The van der Waals surface area contributed by atoms with Crippen LogP contribution in [0.3, 0.4) is 0 Å². The summed E-state index contributed by atoms with van der Waals surface area (Å²) < 4.78 is 5.75. The van der Waals surface area contributed by atoms with Crippen LogP contribution in [0.1, 0.15) is 44.7 Å². The first kappa shape index (κ1) is 34.8. The molecule has 4 rings (SSSR count). The number of nitrogens with two attached hydrogens (primary N) is 1. The molecule has 4 amide bonds. The molecule has 2 aromatic carbocycles. The predicted molar refractivity (Wildman–Crippen MR) is 168 cm³/mol. The van der Waals surface area contributed by atoms with E-state index in [1.54, 1.807) is 60.7 Å². The molecule has 12 nitrogen and oxygen atoms in total. The van der Waals surface area contributed by atoms with Crippen LogP contribution in [-0.2, 0) is 36.8 Å². The maximum atomic E-state index is 13.8. The Hall–Kier alpha value is -4.71. The molecule has 2 heterocycles. The number of benzene rings is 2. The van der Waals surface area contributed by atoms with Crippen LogP contribution >= 0.6 is 0 Å². The molecule has 0 radical (unpaired) electrons. The van der Waals surface area contributed by atoms with Crippen molar-refractivity contribution in [1.82, 2.24) is 21.3 Å². The molecule has 2 aromatic rings. The van der Waals surface area contributed by atoms with Gasteiger partial charge >= 0.3 is 5.97 Å². The number of amides is 4. The van der Waals surface area contributed by atoms with E-state index in [0.29, 0.717) is 17.7 Å². The summed E-state index contributed by atoms with van der Waals surface area (Å²) in [6.45, 7) is 5.39. The van der Waals surface area contributed by atoms with Gasteiger partial charge in [-0.05, 0) is 48.9 Å². The summed E-state index contributed by atoms with van der Waals surface area (Å²) >= 11 is 0. The molecule has 0 spiro atoms. The van der Waals surface area contributed by atoms with Crippen LogP contribution in [0.4, 0.5) is 0 Å². The number of carboxylic acids is 1. The number of hydrogen-bond donors (Lipinski definition) is 6. The normalized spacial score (nSPS) is 21.3. The van der Waals surface area contributed by atoms with E-state index in [0.717, 1.165) is 5.56 Å². The summed E-state index contributed by atoms with van der Waals surface area (Å²) in [5.74, 6) is -2.97. The number of hydrogen-bond acceptors (Lipinski definition) is 7. The van der Waals surface area contributed by atoms with E-state index >= 15 is 0 Å². The van der Waals surface area contributed by atoms with E-state index in [2.05, 4.69) is 21.3 Å². The number of carbonyl (C=O) groups is 5. The zero-order chi connectivity index (χ0) is 32.9. The molecule has 5 atom stereocenters. The fraction of sp³-hybridized carbons (Fsp3) is 0.424. The molecule has 0 saturated heterocycles. The van der Waals surface area contributed by atoms with E-state index in [1.807, 2.05) is 19.9 Å². The highest BCUT2D eigenvalue weighted by atomic mass is 16.5. The monoisotopic (exact) mass is 621 g/mol. The number of carboxylic acid groups (broad SMARTS) is 1. The van der Waals surface area contributed by atoms with Gasteiger partial charge in [0.05, 0.1) is 6.04 Å². The maximum Gasteiger partial charge on any atom is 0.325 e. The van der Waals surface area contributed by atoms with Gasteiger partial charge in [0.2, 0.25) is 23.6 Å². The Balaban J connectivity index is 1.96. The third kappa shape index (κ3) is 11.4. The average Bonchev–Trinajstić information content (AvgIpc) is 3.00. The summed E-state index contributed by atoms with van der Waals surface area (Å²) in [7, 11) is 0. The molecule has 45 heavy (non-hydrogen) atoms. The fourth-order valence-corrected chi connectivity index (χ4v) is 4.72. The number of rotatable bonds is 9. The summed E-state index contributed by atoms with van der Waals surface area (Å²) in [5.41, 5.74) is 7.52. The van der Waals surface area contributed by atoms with Crippen LogP contribution < -0.4 is 31.7 Å². The summed E-state index contributed by atoms with van der Waals surface area (Å²) in [6.07, 6.45) is 4.09. The lowest BCUT2D eigenvalue weighted by atomic mass is 10.0. The first-order valence-corrected chi connectivity index (χ1v) is 15.0. The van der Waals surface area contributed by atoms with Gasteiger partial charge < -0.3 is 36.8 Å². The minimum absolute atomic E-state index is 0.0442. The van der Waals surface area contributed by atoms with Gasteiger partial charge in [-0.25, -0.2) is 0 Å². The molecule has 0 aliphatic carbocycles. The number of ether oxygens (including phenoxy) is 1. The van der Waals surface area contributed by atoms with Gasteiger partial charge in [-0.1, -0.05) is 68.5 Å². The van der Waals surface area contributed by atoms with Crippen molar-refractivity contribution in [3.05, 3.63) is 77.9 Å². The van der Waals surface area contributed by atoms with Gasteiger partial charge in [-0.15, -0.1) is 0 Å². The Labute approximate surface area is 263 Å². The minimum atomic E-state index is -1.23. The Morgan fingerprint density at radius 1 is 0.978 bits per heavy atom. The van der Waals surface area contributed by atoms with Crippen molar-refractivity contribution in [2.75, 3.05) is 6.61 Å². The Kier molecular flexibility index (Phi) is 13.1. The number of nitrogens with one attached hydrogen (secondary N) is 4. The molecule has 2 aliphatic rings. The van der Waals surface area contributed by atoms with Crippen LogP contribution in [-0.4, -0.2) is 71.5 Å². The van der Waals surface area contributed by atoms with E-state index in [4.69, 9.17) is 10.5 Å². The van der Waals surface area contributed by atoms with Gasteiger partial charge in [0.25, 0.3) is 0 Å². The van der Waals surface area contributed by atoms with Gasteiger partial charge in [0.1, 0.15) is 36.5 Å². The zero-order valence-electron chi connectivity index (χ0n) is 25.8. The van der Waals surface area contributed by atoms with Gasteiger partial charge in [-0.3, -0.25) is 24.0 Å². The van der Waals surface area contributed by atoms with Crippen LogP contribution in [0.2, 0.25) is 0 Å². The molecule has 0 unspecified atom stereocenters. The standard InChI is InChI=1S/C33H43N5O7/c1-20(2)17-25(34)29(39)36-26-11-7-8-16-45-24-14-12-23(13-15-24)19-27(31(41)35-21(3)33(43)44)38-32(42)28(37-30(26)40)18-22-9-5-4-6-10-22/h4-10,12-15,20-21,25-28H,11,16-19,34H2,1-3H3,(H,35,41)(H,36,39)(H,37,40)(H,38,42)(H,43,44)/b8-7-/t21-,25-,26-,27-,28-/m0/s1. The molecular formula is C33H43N5O7. The highest BCUT2D eigenvalue weighted by molar-refractivity contribution is 5.95. The van der Waals surface area contributed by atoms with E-state index < -0.39 is 59.8 Å². The molecule has 7 N–H and O–H groups in total. The summed E-state index contributed by atoms with van der Waals surface area (Å²) in [4.78, 5) is 65.0. The third-order valence-electron chi connectivity index (χ3n) is 7.22. The Morgan fingerprint density at radius 3 is 2.31 bits per heavy atom. The molecule has 0 saturated carbocycles. The minimum Gasteiger partial charge on any atom is -0.490 e. The zero-order valence-corrected chi connectivity index (χ0v) is 25.8. The van der Waals surface area contributed by atoms with E-state index in [9.17, 15) is 29.1 Å². The Bertz CT molecular complexity index is 1350. The number of carbonyl (C=O) groups excluding carboxylic acids is 4. The van der Waals surface area contributed by atoms with Gasteiger partial charge in [0.15, 0.2) is 0 Å². The highest BCUT2D eigenvalue weighted by Crippen LogP contribution is 2.15. The van der Waals surface area contributed by atoms with Crippen molar-refractivity contribution in [3.63, 3.8) is 0 Å². The largest absolute Gasteiger partial charge is 0.490 e. The number of fused-ring (bicyclic) bond motifs is 13. The molecule has 0 fully saturated rings. The van der Waals surface area contributed by atoms with Gasteiger partial charge in [0, 0.05) is 12.8 Å². The van der Waals surface area contributed by atoms with Crippen molar-refractivity contribution in [3.8, 4) is 5.75 Å². The van der Waals surface area contributed by atoms with Crippen LogP contribution in [0, 0.1) is 5.92 Å². The molecule has 2 aliphatic heterocycles. The quantitative estimate of drug-likeness (QED) is 0.225. The first-order valence-electron chi connectivity index (χ1n) is 15.0. The second kappa shape index (κ2) is 17.0. The lowest BCUT2D eigenvalue weighted by Gasteiger charge is -2.26. The van der Waals surface area contributed by atoms with E-state index in [-0.39, 0.29) is 31.8 Å². The van der Waals surface area contributed by atoms with Crippen molar-refractivity contribution >= 4 is 29.6 Å². The molecule has 0 aromatic heterocycles. The average molecular weight is 622 g/mol. The van der Waals surface area contributed by atoms with Crippen molar-refractivity contribution in [1.29, 1.82) is 0 Å². The topological polar surface area (TPSA) is 189 Å². The first-order chi connectivity index (χ1) is 21.4. The van der Waals surface area contributed by atoms with Crippen molar-refractivity contribution < 1.29 is 33.8 Å². The molecular weight excluding hydrogens is 578 g/mol. The third-order valence-corrected chi connectivity index (χ3v) is 7.22. The Morgan fingerprint density at radius 2 is 1.67 bits per heavy atom. The van der Waals surface area contributed by atoms with Gasteiger partial charge in [-0.2, -0.15) is 0 Å². The maximum absolute atomic E-state index is 13.8.